The fourth-order valence-corrected chi connectivity index (χ4v) is 3.56. The summed E-state index contributed by atoms with van der Waals surface area (Å²) in [7, 11) is 1.73. The van der Waals surface area contributed by atoms with E-state index in [2.05, 4.69) is 20.8 Å². The summed E-state index contributed by atoms with van der Waals surface area (Å²) < 4.78 is 15.5. The SMILES string of the molecule is Cc1ccc(NC(=O)CSc2nnc(CC(=O)Nc3ccc(C)c(C)c3)n2C)c(F)c1. The van der Waals surface area contributed by atoms with Gasteiger partial charge in [-0.05, 0) is 61.7 Å². The van der Waals surface area contributed by atoms with E-state index >= 15 is 0 Å². The Morgan fingerprint density at radius 1 is 1.00 bits per heavy atom. The number of aromatic nitrogens is 3. The molecular formula is C22H24FN5O2S. The molecule has 0 bridgehead atoms. The fourth-order valence-electron chi connectivity index (χ4n) is 2.83. The molecule has 0 atom stereocenters. The molecule has 0 saturated carbocycles. The number of anilines is 2. The Hall–Kier alpha value is -3.20. The molecule has 2 N–H and O–H groups in total. The highest BCUT2D eigenvalue weighted by Crippen LogP contribution is 2.19. The summed E-state index contributed by atoms with van der Waals surface area (Å²) in [5.74, 6) is -0.524. The Morgan fingerprint density at radius 2 is 1.77 bits per heavy atom. The summed E-state index contributed by atoms with van der Waals surface area (Å²) in [6.07, 6.45) is 0.0533. The molecule has 3 rings (SSSR count). The van der Waals surface area contributed by atoms with Crippen LogP contribution in [0.5, 0.6) is 0 Å². The van der Waals surface area contributed by atoms with Crippen LogP contribution in [0.1, 0.15) is 22.5 Å². The third-order valence-corrected chi connectivity index (χ3v) is 5.79. The van der Waals surface area contributed by atoms with Crippen LogP contribution in [0.15, 0.2) is 41.6 Å². The Bertz CT molecular complexity index is 1130. The fraction of sp³-hybridized carbons (Fsp3) is 0.273. The second-order valence-electron chi connectivity index (χ2n) is 7.30. The van der Waals surface area contributed by atoms with Gasteiger partial charge in [-0.2, -0.15) is 0 Å². The number of nitrogens with zero attached hydrogens (tertiary/aromatic N) is 3. The van der Waals surface area contributed by atoms with Crippen LogP contribution in [0.25, 0.3) is 0 Å². The Balaban J connectivity index is 1.55. The van der Waals surface area contributed by atoms with E-state index in [9.17, 15) is 14.0 Å². The second-order valence-corrected chi connectivity index (χ2v) is 8.24. The zero-order chi connectivity index (χ0) is 22.5. The number of nitrogens with one attached hydrogen (secondary N) is 2. The van der Waals surface area contributed by atoms with Gasteiger partial charge in [0.1, 0.15) is 11.6 Å². The number of benzene rings is 2. The number of rotatable bonds is 7. The van der Waals surface area contributed by atoms with E-state index in [1.165, 1.54) is 12.1 Å². The first-order chi connectivity index (χ1) is 14.7. The van der Waals surface area contributed by atoms with E-state index in [0.29, 0.717) is 11.0 Å². The molecule has 1 heterocycles. The van der Waals surface area contributed by atoms with Crippen molar-refractivity contribution in [1.82, 2.24) is 14.8 Å². The molecule has 7 nitrogen and oxygen atoms in total. The first-order valence-corrected chi connectivity index (χ1v) is 10.7. The minimum absolute atomic E-state index is 0.0358. The number of carbonyl (C=O) groups excluding carboxylic acids is 2. The van der Waals surface area contributed by atoms with Crippen LogP contribution in [0.2, 0.25) is 0 Å². The van der Waals surface area contributed by atoms with Crippen LogP contribution in [0, 0.1) is 26.6 Å². The molecule has 1 aromatic heterocycles. The van der Waals surface area contributed by atoms with Gasteiger partial charge in [0.15, 0.2) is 5.16 Å². The van der Waals surface area contributed by atoms with Crippen LogP contribution >= 0.6 is 11.8 Å². The van der Waals surface area contributed by atoms with Gasteiger partial charge in [-0.3, -0.25) is 9.59 Å². The summed E-state index contributed by atoms with van der Waals surface area (Å²) in [5, 5.41) is 14.0. The van der Waals surface area contributed by atoms with Gasteiger partial charge < -0.3 is 15.2 Å². The molecule has 0 radical (unpaired) electrons. The molecular weight excluding hydrogens is 417 g/mol. The molecule has 2 amide bonds. The van der Waals surface area contributed by atoms with Crippen LogP contribution in [0.3, 0.4) is 0 Å². The predicted molar refractivity (Wildman–Crippen MR) is 120 cm³/mol. The van der Waals surface area contributed by atoms with Gasteiger partial charge >= 0.3 is 0 Å². The molecule has 0 fully saturated rings. The van der Waals surface area contributed by atoms with Crippen LogP contribution in [-0.4, -0.2) is 32.3 Å². The number of hydrogen-bond donors (Lipinski definition) is 2. The van der Waals surface area contributed by atoms with E-state index in [1.54, 1.807) is 24.6 Å². The topological polar surface area (TPSA) is 88.9 Å². The first kappa shape index (κ1) is 22.5. The Kier molecular flexibility index (Phi) is 7.06. The quantitative estimate of drug-likeness (QED) is 0.545. The van der Waals surface area contributed by atoms with Crippen molar-refractivity contribution in [2.75, 3.05) is 16.4 Å². The normalized spacial score (nSPS) is 10.7. The second kappa shape index (κ2) is 9.74. The smallest absolute Gasteiger partial charge is 0.234 e. The average molecular weight is 442 g/mol. The van der Waals surface area contributed by atoms with Gasteiger partial charge in [-0.25, -0.2) is 4.39 Å². The predicted octanol–water partition coefficient (Wildman–Crippen LogP) is 3.79. The highest BCUT2D eigenvalue weighted by atomic mass is 32.2. The molecule has 0 saturated heterocycles. The largest absolute Gasteiger partial charge is 0.326 e. The molecule has 31 heavy (non-hydrogen) atoms. The van der Waals surface area contributed by atoms with E-state index < -0.39 is 5.82 Å². The van der Waals surface area contributed by atoms with E-state index in [0.717, 1.165) is 34.1 Å². The summed E-state index contributed by atoms with van der Waals surface area (Å²) in [4.78, 5) is 24.5. The van der Waals surface area contributed by atoms with E-state index in [4.69, 9.17) is 0 Å². The minimum atomic E-state index is -0.478. The van der Waals surface area contributed by atoms with Gasteiger partial charge in [0, 0.05) is 12.7 Å². The lowest BCUT2D eigenvalue weighted by molar-refractivity contribution is -0.116. The molecule has 3 aromatic rings. The van der Waals surface area contributed by atoms with Gasteiger partial charge in [0.2, 0.25) is 11.8 Å². The van der Waals surface area contributed by atoms with Crippen LogP contribution < -0.4 is 10.6 Å². The molecule has 2 aromatic carbocycles. The average Bonchev–Trinajstić information content (AvgIpc) is 3.05. The van der Waals surface area contributed by atoms with Crippen LogP contribution in [-0.2, 0) is 23.1 Å². The lowest BCUT2D eigenvalue weighted by atomic mass is 10.1. The summed E-state index contributed by atoms with van der Waals surface area (Å²) in [6, 6.07) is 10.3. The monoisotopic (exact) mass is 441 g/mol. The first-order valence-electron chi connectivity index (χ1n) is 9.67. The van der Waals surface area contributed by atoms with Crippen molar-refractivity contribution in [2.45, 2.75) is 32.3 Å². The van der Waals surface area contributed by atoms with Gasteiger partial charge in [0.25, 0.3) is 0 Å². The molecule has 0 spiro atoms. The molecule has 162 valence electrons. The molecule has 0 aliphatic carbocycles. The van der Waals surface area contributed by atoms with Crippen molar-refractivity contribution in [1.29, 1.82) is 0 Å². The summed E-state index contributed by atoms with van der Waals surface area (Å²) in [5.41, 5.74) is 3.89. The lowest BCUT2D eigenvalue weighted by Crippen LogP contribution is -2.17. The third kappa shape index (κ3) is 5.91. The number of thioether (sulfide) groups is 1. The van der Waals surface area contributed by atoms with Crippen molar-refractivity contribution < 1.29 is 14.0 Å². The summed E-state index contributed by atoms with van der Waals surface area (Å²) >= 11 is 1.16. The van der Waals surface area contributed by atoms with Crippen molar-refractivity contribution >= 4 is 35.0 Å². The van der Waals surface area contributed by atoms with Crippen molar-refractivity contribution in [3.05, 3.63) is 64.7 Å². The van der Waals surface area contributed by atoms with Crippen molar-refractivity contribution in [2.24, 2.45) is 7.05 Å². The zero-order valence-corrected chi connectivity index (χ0v) is 18.6. The van der Waals surface area contributed by atoms with Gasteiger partial charge in [-0.15, -0.1) is 10.2 Å². The number of aryl methyl sites for hydroxylation is 3. The highest BCUT2D eigenvalue weighted by molar-refractivity contribution is 7.99. The Morgan fingerprint density at radius 3 is 2.48 bits per heavy atom. The van der Waals surface area contributed by atoms with Crippen LogP contribution in [0.4, 0.5) is 15.8 Å². The maximum atomic E-state index is 13.9. The minimum Gasteiger partial charge on any atom is -0.326 e. The number of halogens is 1. The molecule has 0 aliphatic rings. The van der Waals surface area contributed by atoms with E-state index in [-0.39, 0.29) is 29.7 Å². The zero-order valence-electron chi connectivity index (χ0n) is 17.8. The molecule has 0 aliphatic heterocycles. The third-order valence-electron chi connectivity index (χ3n) is 4.77. The Labute approximate surface area is 184 Å². The van der Waals surface area contributed by atoms with Gasteiger partial charge in [0.05, 0.1) is 17.9 Å². The molecule has 0 unspecified atom stereocenters. The van der Waals surface area contributed by atoms with Crippen molar-refractivity contribution in [3.8, 4) is 0 Å². The van der Waals surface area contributed by atoms with Crippen molar-refractivity contribution in [3.63, 3.8) is 0 Å². The van der Waals surface area contributed by atoms with E-state index in [1.807, 2.05) is 32.0 Å². The maximum Gasteiger partial charge on any atom is 0.234 e. The lowest BCUT2D eigenvalue weighted by Gasteiger charge is -2.08. The number of carbonyl (C=O) groups is 2. The summed E-state index contributed by atoms with van der Waals surface area (Å²) in [6.45, 7) is 5.77. The maximum absolute atomic E-state index is 13.9. The standard InChI is InChI=1S/C22H24FN5O2S/c1-13-5-8-18(17(23)9-13)25-21(30)12-31-22-27-26-19(28(22)4)11-20(29)24-16-7-6-14(2)15(3)10-16/h5-10H,11-12H2,1-4H3,(H,24,29)(H,25,30). The van der Waals surface area contributed by atoms with Gasteiger partial charge in [-0.1, -0.05) is 23.9 Å². The number of amides is 2. The number of hydrogen-bond acceptors (Lipinski definition) is 5. The highest BCUT2D eigenvalue weighted by Gasteiger charge is 2.15. The molecule has 9 heteroatoms.